The third-order valence-corrected chi connectivity index (χ3v) is 2.76. The summed E-state index contributed by atoms with van der Waals surface area (Å²) in [4.78, 5) is 11.2. The van der Waals surface area contributed by atoms with Crippen molar-refractivity contribution in [3.05, 3.63) is 35.6 Å². The van der Waals surface area contributed by atoms with Crippen molar-refractivity contribution in [1.82, 2.24) is 0 Å². The van der Waals surface area contributed by atoms with E-state index in [1.807, 2.05) is 0 Å². The van der Waals surface area contributed by atoms with Gasteiger partial charge in [0.05, 0.1) is 19.1 Å². The molecule has 1 aromatic rings. The highest BCUT2D eigenvalue weighted by atomic mass is 19.1. The molecule has 1 atom stereocenters. The Balaban J connectivity index is 2.44. The molecule has 0 aliphatic carbocycles. The molecule has 0 aliphatic rings. The van der Waals surface area contributed by atoms with Crippen molar-refractivity contribution < 1.29 is 23.8 Å². The van der Waals surface area contributed by atoms with Crippen molar-refractivity contribution in [2.45, 2.75) is 18.8 Å². The van der Waals surface area contributed by atoms with Gasteiger partial charge in [-0.1, -0.05) is 12.1 Å². The monoisotopic (exact) mass is 270 g/mol. The Morgan fingerprint density at radius 1 is 1.37 bits per heavy atom. The molecule has 106 valence electrons. The molecule has 0 saturated heterocycles. The largest absolute Gasteiger partial charge is 0.481 e. The lowest BCUT2D eigenvalue weighted by Gasteiger charge is -2.12. The summed E-state index contributed by atoms with van der Waals surface area (Å²) in [5.41, 5.74) is 0.490. The van der Waals surface area contributed by atoms with Crippen LogP contribution in [-0.2, 0) is 14.3 Å². The quantitative estimate of drug-likeness (QED) is 0.700. The molecule has 5 heteroatoms. The molecule has 0 spiro atoms. The highest BCUT2D eigenvalue weighted by Crippen LogP contribution is 2.22. The maximum Gasteiger partial charge on any atom is 0.310 e. The number of carboxylic acid groups (broad SMARTS) is 1. The smallest absolute Gasteiger partial charge is 0.310 e. The first-order valence-electron chi connectivity index (χ1n) is 6.20. The van der Waals surface area contributed by atoms with Gasteiger partial charge >= 0.3 is 5.97 Å². The van der Waals surface area contributed by atoms with Crippen LogP contribution in [0.5, 0.6) is 0 Å². The van der Waals surface area contributed by atoms with Gasteiger partial charge in [-0.3, -0.25) is 4.79 Å². The normalized spacial score (nSPS) is 12.3. The Morgan fingerprint density at radius 2 is 2.16 bits per heavy atom. The van der Waals surface area contributed by atoms with E-state index in [4.69, 9.17) is 9.47 Å². The Morgan fingerprint density at radius 3 is 2.79 bits per heavy atom. The van der Waals surface area contributed by atoms with E-state index in [1.165, 1.54) is 18.2 Å². The van der Waals surface area contributed by atoms with Crippen LogP contribution in [0.1, 0.15) is 24.3 Å². The zero-order valence-electron chi connectivity index (χ0n) is 11.0. The van der Waals surface area contributed by atoms with Gasteiger partial charge in [0.25, 0.3) is 0 Å². The van der Waals surface area contributed by atoms with Crippen molar-refractivity contribution in [2.24, 2.45) is 0 Å². The molecular weight excluding hydrogens is 251 g/mol. The molecule has 0 amide bonds. The lowest BCUT2D eigenvalue weighted by atomic mass is 9.94. The fourth-order valence-corrected chi connectivity index (χ4v) is 1.79. The number of hydrogen-bond acceptors (Lipinski definition) is 3. The molecule has 1 N–H and O–H groups in total. The molecule has 4 nitrogen and oxygen atoms in total. The van der Waals surface area contributed by atoms with Gasteiger partial charge in [0, 0.05) is 13.7 Å². The van der Waals surface area contributed by atoms with E-state index < -0.39 is 17.7 Å². The summed E-state index contributed by atoms with van der Waals surface area (Å²) < 4.78 is 23.2. The minimum atomic E-state index is -0.942. The van der Waals surface area contributed by atoms with Gasteiger partial charge in [0.1, 0.15) is 5.82 Å². The number of rotatable bonds is 9. The second kappa shape index (κ2) is 8.61. The summed E-state index contributed by atoms with van der Waals surface area (Å²) in [6.45, 7) is 1.49. The summed E-state index contributed by atoms with van der Waals surface area (Å²) in [5.74, 6) is -2.05. The molecule has 1 rings (SSSR count). The van der Waals surface area contributed by atoms with Crippen LogP contribution in [0.2, 0.25) is 0 Å². The number of halogens is 1. The second-order valence-electron chi connectivity index (χ2n) is 4.19. The van der Waals surface area contributed by atoms with E-state index in [1.54, 1.807) is 13.2 Å². The van der Waals surface area contributed by atoms with E-state index in [0.29, 0.717) is 38.2 Å². The number of ether oxygens (including phenoxy) is 2. The van der Waals surface area contributed by atoms with Gasteiger partial charge in [-0.2, -0.15) is 0 Å². The van der Waals surface area contributed by atoms with Crippen LogP contribution < -0.4 is 0 Å². The van der Waals surface area contributed by atoms with Crippen LogP contribution in [0.3, 0.4) is 0 Å². The van der Waals surface area contributed by atoms with Crippen LogP contribution >= 0.6 is 0 Å². The Bertz CT molecular complexity index is 395. The topological polar surface area (TPSA) is 55.8 Å². The zero-order valence-corrected chi connectivity index (χ0v) is 11.0. The molecule has 1 aromatic carbocycles. The van der Waals surface area contributed by atoms with Crippen molar-refractivity contribution in [3.63, 3.8) is 0 Å². The van der Waals surface area contributed by atoms with Gasteiger partial charge in [0.2, 0.25) is 0 Å². The van der Waals surface area contributed by atoms with Crippen LogP contribution in [0, 0.1) is 5.82 Å². The van der Waals surface area contributed by atoms with Crippen molar-refractivity contribution in [1.29, 1.82) is 0 Å². The average Bonchev–Trinajstić information content (AvgIpc) is 2.37. The van der Waals surface area contributed by atoms with Crippen LogP contribution in [-0.4, -0.2) is 38.0 Å². The predicted octanol–water partition coefficient (Wildman–Crippen LogP) is 2.44. The summed E-state index contributed by atoms with van der Waals surface area (Å²) >= 11 is 0. The Kier molecular flexibility index (Phi) is 7.07. The number of carbonyl (C=O) groups is 1. The summed E-state index contributed by atoms with van der Waals surface area (Å²) in [5, 5.41) is 9.18. The highest BCUT2D eigenvalue weighted by Gasteiger charge is 2.19. The lowest BCUT2D eigenvalue weighted by Crippen LogP contribution is -2.13. The molecule has 19 heavy (non-hydrogen) atoms. The number of aliphatic carboxylic acids is 1. The molecule has 0 aliphatic heterocycles. The molecule has 1 unspecified atom stereocenters. The summed E-state index contributed by atoms with van der Waals surface area (Å²) in [7, 11) is 1.59. The third kappa shape index (κ3) is 5.81. The van der Waals surface area contributed by atoms with Gasteiger partial charge in [0.15, 0.2) is 0 Å². The van der Waals surface area contributed by atoms with Gasteiger partial charge in [-0.05, 0) is 30.5 Å². The van der Waals surface area contributed by atoms with E-state index >= 15 is 0 Å². The number of hydrogen-bond donors (Lipinski definition) is 1. The van der Waals surface area contributed by atoms with Crippen LogP contribution in [0.4, 0.5) is 4.39 Å². The average molecular weight is 270 g/mol. The Hall–Kier alpha value is -1.46. The number of benzene rings is 1. The van der Waals surface area contributed by atoms with Crippen molar-refractivity contribution in [3.8, 4) is 0 Å². The minimum Gasteiger partial charge on any atom is -0.481 e. The predicted molar refractivity (Wildman–Crippen MR) is 68.7 cm³/mol. The van der Waals surface area contributed by atoms with E-state index in [-0.39, 0.29) is 0 Å². The van der Waals surface area contributed by atoms with Gasteiger partial charge in [-0.15, -0.1) is 0 Å². The highest BCUT2D eigenvalue weighted by molar-refractivity contribution is 5.75. The second-order valence-corrected chi connectivity index (χ2v) is 4.19. The first-order valence-corrected chi connectivity index (χ1v) is 6.20. The SMILES string of the molecule is COCCOCCCC(C(=O)O)c1cccc(F)c1. The van der Waals surface area contributed by atoms with Crippen molar-refractivity contribution in [2.75, 3.05) is 26.9 Å². The fourth-order valence-electron chi connectivity index (χ4n) is 1.79. The maximum atomic E-state index is 13.1. The lowest BCUT2D eigenvalue weighted by molar-refractivity contribution is -0.139. The number of carboxylic acids is 1. The van der Waals surface area contributed by atoms with Crippen LogP contribution in [0.15, 0.2) is 24.3 Å². The first kappa shape index (κ1) is 15.6. The first-order chi connectivity index (χ1) is 9.15. The zero-order chi connectivity index (χ0) is 14.1. The molecule has 0 bridgehead atoms. The minimum absolute atomic E-state index is 0.417. The molecule has 0 heterocycles. The third-order valence-electron chi connectivity index (χ3n) is 2.76. The van der Waals surface area contributed by atoms with Gasteiger partial charge < -0.3 is 14.6 Å². The van der Waals surface area contributed by atoms with E-state index in [2.05, 4.69) is 0 Å². The number of methoxy groups -OCH3 is 1. The maximum absolute atomic E-state index is 13.1. The molecule has 0 saturated carbocycles. The van der Waals surface area contributed by atoms with E-state index in [9.17, 15) is 14.3 Å². The summed E-state index contributed by atoms with van der Waals surface area (Å²) in [6.07, 6.45) is 1.03. The molecule has 0 aromatic heterocycles. The molecule has 0 radical (unpaired) electrons. The van der Waals surface area contributed by atoms with Gasteiger partial charge in [-0.25, -0.2) is 4.39 Å². The van der Waals surface area contributed by atoms with Crippen molar-refractivity contribution >= 4 is 5.97 Å². The fraction of sp³-hybridized carbons (Fsp3) is 0.500. The van der Waals surface area contributed by atoms with E-state index in [0.717, 1.165) is 0 Å². The van der Waals surface area contributed by atoms with Crippen LogP contribution in [0.25, 0.3) is 0 Å². The molecular formula is C14H19FO4. The standard InChI is InChI=1S/C14H19FO4/c1-18-8-9-19-7-3-6-13(14(16)17)11-4-2-5-12(15)10-11/h2,4-5,10,13H,3,6-9H2,1H3,(H,16,17). The Labute approximate surface area is 112 Å². The molecule has 0 fully saturated rings. The summed E-state index contributed by atoms with van der Waals surface area (Å²) in [6, 6.07) is 5.73.